The van der Waals surface area contributed by atoms with Crippen LogP contribution in [0.15, 0.2) is 88.2 Å². The van der Waals surface area contributed by atoms with Crippen LogP contribution in [0.2, 0.25) is 0 Å². The van der Waals surface area contributed by atoms with Gasteiger partial charge < -0.3 is 10.2 Å². The highest BCUT2D eigenvalue weighted by Gasteiger charge is 2.32. The fourth-order valence-electron chi connectivity index (χ4n) is 3.68. The number of nitrogens with zero attached hydrogens (tertiary/aromatic N) is 2. The second-order valence-electron chi connectivity index (χ2n) is 8.38. The van der Waals surface area contributed by atoms with Crippen molar-refractivity contribution in [1.82, 2.24) is 10.2 Å². The molecule has 0 fully saturated rings. The molecule has 7 nitrogen and oxygen atoms in total. The fraction of sp³-hybridized carbons (Fsp3) is 0.259. The summed E-state index contributed by atoms with van der Waals surface area (Å²) >= 11 is 3.39. The maximum absolute atomic E-state index is 13.7. The summed E-state index contributed by atoms with van der Waals surface area (Å²) in [6.45, 7) is 5.43. The molecule has 0 radical (unpaired) electrons. The van der Waals surface area contributed by atoms with Gasteiger partial charge in [-0.3, -0.25) is 13.9 Å². The van der Waals surface area contributed by atoms with Crippen LogP contribution in [0, 0.1) is 6.92 Å². The number of rotatable bonds is 10. The molecule has 0 saturated heterocycles. The number of likely N-dealkylation sites (N-methyl/N-ethyl adjacent to an activating group) is 1. The van der Waals surface area contributed by atoms with Gasteiger partial charge in [0.15, 0.2) is 0 Å². The minimum atomic E-state index is -4.08. The van der Waals surface area contributed by atoms with E-state index < -0.39 is 28.5 Å². The Labute approximate surface area is 221 Å². The first kappa shape index (κ1) is 27.4. The van der Waals surface area contributed by atoms with E-state index in [0.717, 1.165) is 15.4 Å². The molecule has 0 bridgehead atoms. The van der Waals surface area contributed by atoms with Crippen LogP contribution in [-0.2, 0) is 26.2 Å². The average molecular weight is 573 g/mol. The van der Waals surface area contributed by atoms with Crippen molar-refractivity contribution in [2.75, 3.05) is 17.4 Å². The number of carbonyl (C=O) groups excluding carboxylic acids is 2. The van der Waals surface area contributed by atoms with E-state index in [1.165, 1.54) is 17.0 Å². The van der Waals surface area contributed by atoms with Crippen LogP contribution in [0.3, 0.4) is 0 Å². The molecule has 2 amide bonds. The third kappa shape index (κ3) is 6.73. The number of nitrogens with one attached hydrogen (secondary N) is 1. The van der Waals surface area contributed by atoms with Crippen molar-refractivity contribution in [1.29, 1.82) is 0 Å². The Morgan fingerprint density at radius 2 is 1.64 bits per heavy atom. The van der Waals surface area contributed by atoms with Gasteiger partial charge in [0.25, 0.3) is 10.0 Å². The SMILES string of the molecule is CCNC(=O)[C@@H](C)N(Cc1ccccc1)C(=O)CN(c1cccc(Br)c1)S(=O)(=O)c1ccc(C)cc1. The van der Waals surface area contributed by atoms with E-state index in [-0.39, 0.29) is 17.3 Å². The topological polar surface area (TPSA) is 86.8 Å². The van der Waals surface area contributed by atoms with E-state index in [2.05, 4.69) is 21.2 Å². The highest BCUT2D eigenvalue weighted by Crippen LogP contribution is 2.27. The minimum Gasteiger partial charge on any atom is -0.355 e. The van der Waals surface area contributed by atoms with Crippen molar-refractivity contribution in [3.05, 3.63) is 94.5 Å². The predicted molar refractivity (Wildman–Crippen MR) is 145 cm³/mol. The summed E-state index contributed by atoms with van der Waals surface area (Å²) in [5.41, 5.74) is 2.09. The number of anilines is 1. The van der Waals surface area contributed by atoms with Crippen LogP contribution in [0.1, 0.15) is 25.0 Å². The summed E-state index contributed by atoms with van der Waals surface area (Å²) in [6.07, 6.45) is 0. The molecule has 1 atom stereocenters. The molecule has 0 aliphatic heterocycles. The lowest BCUT2D eigenvalue weighted by Crippen LogP contribution is -2.51. The number of sulfonamides is 1. The molecular formula is C27H30BrN3O4S. The standard InChI is InChI=1S/C27H30BrN3O4S/c1-4-29-27(33)21(3)30(18-22-9-6-5-7-10-22)26(32)19-31(24-12-8-11-23(28)17-24)36(34,35)25-15-13-20(2)14-16-25/h5-17,21H,4,18-19H2,1-3H3,(H,29,33)/t21-/m1/s1. The van der Waals surface area contributed by atoms with Gasteiger partial charge in [0.05, 0.1) is 10.6 Å². The number of amides is 2. The molecule has 0 aliphatic carbocycles. The van der Waals surface area contributed by atoms with Gasteiger partial charge in [-0.25, -0.2) is 8.42 Å². The molecule has 3 rings (SSSR count). The van der Waals surface area contributed by atoms with E-state index in [4.69, 9.17) is 0 Å². The Morgan fingerprint density at radius 3 is 2.25 bits per heavy atom. The summed E-state index contributed by atoms with van der Waals surface area (Å²) < 4.78 is 29.2. The van der Waals surface area contributed by atoms with Crippen LogP contribution in [-0.4, -0.2) is 44.3 Å². The molecule has 0 aliphatic rings. The Bertz CT molecular complexity index is 1300. The van der Waals surface area contributed by atoms with Crippen molar-refractivity contribution in [3.8, 4) is 0 Å². The lowest BCUT2D eigenvalue weighted by atomic mass is 10.1. The van der Waals surface area contributed by atoms with E-state index in [1.54, 1.807) is 50.2 Å². The molecule has 0 saturated carbocycles. The van der Waals surface area contributed by atoms with Crippen molar-refractivity contribution < 1.29 is 18.0 Å². The molecule has 9 heteroatoms. The summed E-state index contributed by atoms with van der Waals surface area (Å²) in [4.78, 5) is 27.9. The van der Waals surface area contributed by atoms with Gasteiger partial charge in [-0.2, -0.15) is 0 Å². The van der Waals surface area contributed by atoms with Gasteiger partial charge in [0, 0.05) is 17.6 Å². The Balaban J connectivity index is 2.02. The largest absolute Gasteiger partial charge is 0.355 e. The molecule has 1 N–H and O–H groups in total. The number of benzene rings is 3. The molecule has 0 spiro atoms. The second kappa shape index (κ2) is 12.2. The summed E-state index contributed by atoms with van der Waals surface area (Å²) in [5, 5.41) is 2.75. The lowest BCUT2D eigenvalue weighted by molar-refractivity contribution is -0.139. The molecule has 36 heavy (non-hydrogen) atoms. The fourth-order valence-corrected chi connectivity index (χ4v) is 5.48. The van der Waals surface area contributed by atoms with Gasteiger partial charge >= 0.3 is 0 Å². The molecule has 3 aromatic rings. The zero-order valence-corrected chi connectivity index (χ0v) is 22.9. The summed E-state index contributed by atoms with van der Waals surface area (Å²) in [7, 11) is -4.08. The van der Waals surface area contributed by atoms with Crippen LogP contribution in [0.4, 0.5) is 5.69 Å². The Morgan fingerprint density at radius 1 is 0.972 bits per heavy atom. The first-order valence-corrected chi connectivity index (χ1v) is 13.8. The van der Waals surface area contributed by atoms with E-state index in [9.17, 15) is 18.0 Å². The van der Waals surface area contributed by atoms with Crippen molar-refractivity contribution >= 4 is 43.5 Å². The van der Waals surface area contributed by atoms with Gasteiger partial charge in [0.1, 0.15) is 12.6 Å². The monoisotopic (exact) mass is 571 g/mol. The first-order valence-electron chi connectivity index (χ1n) is 11.6. The maximum Gasteiger partial charge on any atom is 0.264 e. The molecule has 3 aromatic carbocycles. The normalized spacial score (nSPS) is 12.0. The maximum atomic E-state index is 13.7. The molecular weight excluding hydrogens is 542 g/mol. The van der Waals surface area contributed by atoms with E-state index >= 15 is 0 Å². The van der Waals surface area contributed by atoms with Gasteiger partial charge in [0.2, 0.25) is 11.8 Å². The Kier molecular flexibility index (Phi) is 9.28. The summed E-state index contributed by atoms with van der Waals surface area (Å²) in [5.74, 6) is -0.801. The number of carbonyl (C=O) groups is 2. The third-order valence-electron chi connectivity index (χ3n) is 5.70. The number of aryl methyl sites for hydroxylation is 1. The van der Waals surface area contributed by atoms with E-state index in [0.29, 0.717) is 16.7 Å². The highest BCUT2D eigenvalue weighted by molar-refractivity contribution is 9.10. The van der Waals surface area contributed by atoms with Crippen molar-refractivity contribution in [3.63, 3.8) is 0 Å². The van der Waals surface area contributed by atoms with Crippen molar-refractivity contribution in [2.45, 2.75) is 38.3 Å². The summed E-state index contributed by atoms with van der Waals surface area (Å²) in [6, 6.07) is 21.7. The molecule has 190 valence electrons. The third-order valence-corrected chi connectivity index (χ3v) is 7.98. The molecule has 0 aromatic heterocycles. The van der Waals surface area contributed by atoms with E-state index in [1.807, 2.05) is 37.3 Å². The Hall–Kier alpha value is -3.17. The number of hydrogen-bond acceptors (Lipinski definition) is 4. The zero-order valence-electron chi connectivity index (χ0n) is 20.5. The predicted octanol–water partition coefficient (Wildman–Crippen LogP) is 4.51. The first-order chi connectivity index (χ1) is 17.1. The molecule has 0 unspecified atom stereocenters. The smallest absolute Gasteiger partial charge is 0.264 e. The minimum absolute atomic E-state index is 0.0762. The average Bonchev–Trinajstić information content (AvgIpc) is 2.86. The van der Waals surface area contributed by atoms with Crippen LogP contribution in [0.5, 0.6) is 0 Å². The quantitative estimate of drug-likeness (QED) is 0.388. The van der Waals surface area contributed by atoms with Crippen LogP contribution in [0.25, 0.3) is 0 Å². The lowest BCUT2D eigenvalue weighted by Gasteiger charge is -2.32. The van der Waals surface area contributed by atoms with Gasteiger partial charge in [-0.1, -0.05) is 70.0 Å². The molecule has 0 heterocycles. The number of halogens is 1. The van der Waals surface area contributed by atoms with Crippen LogP contribution < -0.4 is 9.62 Å². The zero-order chi connectivity index (χ0) is 26.3. The highest BCUT2D eigenvalue weighted by atomic mass is 79.9. The van der Waals surface area contributed by atoms with Crippen LogP contribution >= 0.6 is 15.9 Å². The van der Waals surface area contributed by atoms with Gasteiger partial charge in [-0.05, 0) is 56.7 Å². The van der Waals surface area contributed by atoms with Gasteiger partial charge in [-0.15, -0.1) is 0 Å². The second-order valence-corrected chi connectivity index (χ2v) is 11.2. The van der Waals surface area contributed by atoms with Crippen molar-refractivity contribution in [2.24, 2.45) is 0 Å². The number of hydrogen-bond donors (Lipinski definition) is 1.